The molecular weight excluding hydrogens is 559 g/mol. The average Bonchev–Trinajstić information content (AvgIpc) is 3.48. The number of hydrogen-bond acceptors (Lipinski definition) is 3. The first-order valence-electron chi connectivity index (χ1n) is 15.1. The van der Waals surface area contributed by atoms with Crippen LogP contribution in [-0.4, -0.2) is 27.9 Å². The lowest BCUT2D eigenvalue weighted by molar-refractivity contribution is 1.07. The van der Waals surface area contributed by atoms with Gasteiger partial charge in [0.1, 0.15) is 0 Å². The van der Waals surface area contributed by atoms with Gasteiger partial charge in [-0.1, -0.05) is 133 Å². The summed E-state index contributed by atoms with van der Waals surface area (Å²) in [6.45, 7) is 0. The summed E-state index contributed by atoms with van der Waals surface area (Å²) in [5.74, 6) is 1.94. The van der Waals surface area contributed by atoms with E-state index in [0.29, 0.717) is 17.5 Å². The summed E-state index contributed by atoms with van der Waals surface area (Å²) < 4.78 is 2.38. The molecule has 0 aliphatic heterocycles. The van der Waals surface area contributed by atoms with Crippen LogP contribution in [0.3, 0.4) is 0 Å². The van der Waals surface area contributed by atoms with Crippen LogP contribution in [-0.2, 0) is 0 Å². The molecule has 0 atom stereocenters. The third kappa shape index (κ3) is 4.44. The lowest BCUT2D eigenvalue weighted by atomic mass is 10.00. The lowest BCUT2D eigenvalue weighted by Crippen LogP contribution is -2.01. The highest BCUT2D eigenvalue weighted by atomic mass is 15.0. The van der Waals surface area contributed by atoms with E-state index in [-0.39, 0.29) is 8.41 Å². The molecule has 0 fully saturated rings. The van der Waals surface area contributed by atoms with Gasteiger partial charge in [-0.05, 0) is 45.8 Å². The molecule has 0 saturated heterocycles. The lowest BCUT2D eigenvalue weighted by Gasteiger charge is -2.12. The fourth-order valence-corrected chi connectivity index (χ4v) is 6.55. The predicted molar refractivity (Wildman–Crippen MR) is 191 cm³/mol. The van der Waals surface area contributed by atoms with Gasteiger partial charge in [0.05, 0.1) is 11.0 Å². The van der Waals surface area contributed by atoms with Crippen molar-refractivity contribution >= 4 is 51.8 Å². The quantitative estimate of drug-likeness (QED) is 0.193. The molecule has 9 rings (SSSR count). The van der Waals surface area contributed by atoms with Crippen molar-refractivity contribution in [2.75, 3.05) is 0 Å². The van der Waals surface area contributed by atoms with E-state index in [4.69, 9.17) is 15.0 Å². The summed E-state index contributed by atoms with van der Waals surface area (Å²) in [4.78, 5) is 14.9. The van der Waals surface area contributed by atoms with Crippen molar-refractivity contribution in [3.05, 3.63) is 158 Å². The minimum Gasteiger partial charge on any atom is -0.309 e. The van der Waals surface area contributed by atoms with Crippen molar-refractivity contribution in [2.45, 2.75) is 0 Å². The second-order valence-corrected chi connectivity index (χ2v) is 11.3. The van der Waals surface area contributed by atoms with Crippen molar-refractivity contribution in [2.24, 2.45) is 0 Å². The number of fused-ring (bicyclic) bond motifs is 7. The Hall–Kier alpha value is -6.07. The van der Waals surface area contributed by atoms with Crippen LogP contribution < -0.4 is 0 Å². The largest absolute Gasteiger partial charge is 0.309 e. The molecule has 0 bridgehead atoms. The molecule has 0 spiro atoms. The van der Waals surface area contributed by atoms with Crippen LogP contribution in [0.2, 0.25) is 0 Å². The van der Waals surface area contributed by atoms with E-state index in [1.807, 2.05) is 60.7 Å². The summed E-state index contributed by atoms with van der Waals surface area (Å²) in [5, 5.41) is 7.51. The molecule has 2 heterocycles. The molecule has 0 N–H and O–H groups in total. The Balaban J connectivity index is 0.00000312. The Bertz CT molecular complexity index is 2390. The van der Waals surface area contributed by atoms with Crippen LogP contribution in [0.15, 0.2) is 158 Å². The Morgan fingerprint density at radius 3 is 1.33 bits per heavy atom. The zero-order valence-corrected chi connectivity index (χ0v) is 24.9. The fraction of sp³-hybridized carbons (Fsp3) is 0. The zero-order valence-electron chi connectivity index (χ0n) is 24.9. The molecular formula is C41H26BN4. The third-order valence-electron chi connectivity index (χ3n) is 8.61. The molecule has 46 heavy (non-hydrogen) atoms. The van der Waals surface area contributed by atoms with Crippen LogP contribution in [0.25, 0.3) is 83.2 Å². The summed E-state index contributed by atoms with van der Waals surface area (Å²) in [7, 11) is 0. The van der Waals surface area contributed by atoms with Crippen molar-refractivity contribution < 1.29 is 0 Å². The smallest absolute Gasteiger partial charge is 0.164 e. The van der Waals surface area contributed by atoms with Crippen LogP contribution in [0.4, 0.5) is 0 Å². The molecule has 0 saturated carbocycles. The van der Waals surface area contributed by atoms with E-state index in [1.165, 1.54) is 43.4 Å². The molecule has 0 unspecified atom stereocenters. The predicted octanol–water partition coefficient (Wildman–Crippen LogP) is 9.90. The highest BCUT2D eigenvalue weighted by Crippen LogP contribution is 2.40. The van der Waals surface area contributed by atoms with Gasteiger partial charge in [0.15, 0.2) is 17.5 Å². The molecule has 0 amide bonds. The van der Waals surface area contributed by atoms with Crippen molar-refractivity contribution in [3.63, 3.8) is 0 Å². The standard InChI is InChI=1S/C41H26N4.B/c1-3-14-29(15-4-1)39-42-40(30-16-5-2-6-17-30)44-41(43-39)31-18-11-19-32(26-31)45-35-24-22-27-12-7-9-20-33(27)37(35)38-34-21-10-8-13-28(34)23-25-36(38)45;/h1-26H;. The first kappa shape index (κ1) is 27.5. The minimum atomic E-state index is 0. The maximum Gasteiger partial charge on any atom is 0.164 e. The van der Waals surface area contributed by atoms with Gasteiger partial charge in [-0.15, -0.1) is 0 Å². The van der Waals surface area contributed by atoms with Gasteiger partial charge in [-0.3, -0.25) is 0 Å². The Morgan fingerprint density at radius 2 is 0.804 bits per heavy atom. The average molecular weight is 585 g/mol. The maximum absolute atomic E-state index is 5.00. The van der Waals surface area contributed by atoms with Crippen molar-refractivity contribution in [1.29, 1.82) is 0 Å². The fourth-order valence-electron chi connectivity index (χ4n) is 6.55. The Morgan fingerprint density at radius 1 is 0.370 bits per heavy atom. The molecule has 2 aromatic heterocycles. The second-order valence-electron chi connectivity index (χ2n) is 11.3. The van der Waals surface area contributed by atoms with Gasteiger partial charge < -0.3 is 4.57 Å². The van der Waals surface area contributed by atoms with Gasteiger partial charge in [-0.2, -0.15) is 0 Å². The second kappa shape index (κ2) is 11.1. The van der Waals surface area contributed by atoms with Gasteiger partial charge >= 0.3 is 0 Å². The molecule has 3 radical (unpaired) electrons. The van der Waals surface area contributed by atoms with E-state index in [1.54, 1.807) is 0 Å². The molecule has 7 aromatic carbocycles. The first-order chi connectivity index (χ1) is 22.3. The van der Waals surface area contributed by atoms with E-state index >= 15 is 0 Å². The summed E-state index contributed by atoms with van der Waals surface area (Å²) in [6, 6.07) is 55.1. The van der Waals surface area contributed by atoms with Crippen LogP contribution in [0, 0.1) is 0 Å². The number of hydrogen-bond donors (Lipinski definition) is 0. The van der Waals surface area contributed by atoms with Crippen LogP contribution >= 0.6 is 0 Å². The molecule has 5 heteroatoms. The molecule has 213 valence electrons. The molecule has 0 aliphatic rings. The topological polar surface area (TPSA) is 43.6 Å². The SMILES string of the molecule is [B].c1ccc(-c2nc(-c3ccccc3)nc(-c3cccc(-n4c5ccc6ccccc6c5c5c6ccccc6ccc54)c3)n2)cc1. The first-order valence-corrected chi connectivity index (χ1v) is 15.1. The molecule has 9 aromatic rings. The van der Waals surface area contributed by atoms with E-state index < -0.39 is 0 Å². The summed E-state index contributed by atoms with van der Waals surface area (Å²) >= 11 is 0. The highest BCUT2D eigenvalue weighted by molar-refractivity contribution is 6.28. The number of rotatable bonds is 4. The van der Waals surface area contributed by atoms with Crippen molar-refractivity contribution in [1.82, 2.24) is 19.5 Å². The maximum atomic E-state index is 5.00. The summed E-state index contributed by atoms with van der Waals surface area (Å²) in [6.07, 6.45) is 0. The van der Waals surface area contributed by atoms with Gasteiger partial charge in [-0.25, -0.2) is 15.0 Å². The van der Waals surface area contributed by atoms with Crippen LogP contribution in [0.5, 0.6) is 0 Å². The van der Waals surface area contributed by atoms with Gasteiger partial charge in [0.2, 0.25) is 0 Å². The van der Waals surface area contributed by atoms with E-state index in [0.717, 1.165) is 22.4 Å². The normalized spacial score (nSPS) is 11.3. The monoisotopic (exact) mass is 585 g/mol. The molecule has 4 nitrogen and oxygen atoms in total. The number of nitrogens with zero attached hydrogens (tertiary/aromatic N) is 4. The highest BCUT2D eigenvalue weighted by Gasteiger charge is 2.18. The van der Waals surface area contributed by atoms with E-state index in [2.05, 4.69) is 102 Å². The number of aromatic nitrogens is 4. The third-order valence-corrected chi connectivity index (χ3v) is 8.61. The Kier molecular flexibility index (Phi) is 6.65. The van der Waals surface area contributed by atoms with Gasteiger partial charge in [0, 0.05) is 41.6 Å². The van der Waals surface area contributed by atoms with Crippen molar-refractivity contribution in [3.8, 4) is 39.9 Å². The van der Waals surface area contributed by atoms with E-state index in [9.17, 15) is 0 Å². The Labute approximate surface area is 268 Å². The minimum absolute atomic E-state index is 0. The molecule has 0 aliphatic carbocycles. The van der Waals surface area contributed by atoms with Crippen LogP contribution in [0.1, 0.15) is 0 Å². The summed E-state index contributed by atoms with van der Waals surface area (Å²) in [5.41, 5.74) is 6.23. The zero-order chi connectivity index (χ0) is 29.7. The number of benzene rings is 7. The van der Waals surface area contributed by atoms with Gasteiger partial charge in [0.25, 0.3) is 0 Å².